The van der Waals surface area contributed by atoms with Gasteiger partial charge < -0.3 is 14.9 Å². The summed E-state index contributed by atoms with van der Waals surface area (Å²) in [5.41, 5.74) is 0. The second-order valence-corrected chi connectivity index (χ2v) is 12.5. The summed E-state index contributed by atoms with van der Waals surface area (Å²) >= 11 is 0. The second kappa shape index (κ2) is 35.0. The molecule has 0 aromatic heterocycles. The van der Waals surface area contributed by atoms with E-state index in [2.05, 4.69) is 11.8 Å². The zero-order valence-electron chi connectivity index (χ0n) is 27.7. The van der Waals surface area contributed by atoms with Gasteiger partial charge in [0.25, 0.3) is 0 Å². The minimum atomic E-state index is -0.0341. The average Bonchev–Trinajstić information content (AvgIpc) is 2.96. The first kappa shape index (κ1) is 39.8. The summed E-state index contributed by atoms with van der Waals surface area (Å²) in [6, 6.07) is 0. The molecular weight excluding hydrogens is 494 g/mol. The van der Waals surface area contributed by atoms with Gasteiger partial charge in [0, 0.05) is 13.1 Å². The molecule has 1 unspecified atom stereocenters. The largest absolute Gasteiger partial charge is 0.395 e. The maximum atomic E-state index is 9.27. The highest BCUT2D eigenvalue weighted by Gasteiger charge is 2.12. The molecular formula is C36H75NO3. The number of ether oxygens (including phenoxy) is 1. The van der Waals surface area contributed by atoms with Gasteiger partial charge in [-0.1, -0.05) is 180 Å². The summed E-state index contributed by atoms with van der Waals surface area (Å²) in [6.07, 6.45) is 39.9. The van der Waals surface area contributed by atoms with Crippen LogP contribution in [0.3, 0.4) is 0 Å². The normalized spacial score (nSPS) is 12.5. The molecule has 0 aliphatic carbocycles. The molecule has 4 heteroatoms. The van der Waals surface area contributed by atoms with Crippen LogP contribution in [0.25, 0.3) is 0 Å². The van der Waals surface area contributed by atoms with Crippen LogP contribution in [0.2, 0.25) is 0 Å². The van der Waals surface area contributed by atoms with Crippen molar-refractivity contribution in [1.82, 2.24) is 4.90 Å². The minimum Gasteiger partial charge on any atom is -0.395 e. The maximum absolute atomic E-state index is 9.27. The zero-order valence-corrected chi connectivity index (χ0v) is 27.7. The molecule has 0 fully saturated rings. The van der Waals surface area contributed by atoms with Crippen molar-refractivity contribution in [3.05, 3.63) is 0 Å². The molecule has 1 atom stereocenters. The van der Waals surface area contributed by atoms with E-state index in [0.717, 1.165) is 13.0 Å². The molecule has 0 heterocycles. The van der Waals surface area contributed by atoms with Crippen molar-refractivity contribution >= 4 is 0 Å². The Morgan fingerprint density at radius 3 is 1.00 bits per heavy atom. The van der Waals surface area contributed by atoms with Crippen LogP contribution < -0.4 is 0 Å². The molecule has 0 rings (SSSR count). The van der Waals surface area contributed by atoms with Crippen LogP contribution in [0.1, 0.15) is 194 Å². The zero-order chi connectivity index (χ0) is 29.2. The fraction of sp³-hybridized carbons (Fsp3) is 1.00. The lowest BCUT2D eigenvalue weighted by Gasteiger charge is -2.28. The Labute approximate surface area is 252 Å². The van der Waals surface area contributed by atoms with Crippen molar-refractivity contribution in [1.29, 1.82) is 0 Å². The van der Waals surface area contributed by atoms with Gasteiger partial charge in [-0.05, 0) is 13.3 Å². The lowest BCUT2D eigenvalue weighted by atomic mass is 10.0. The quantitative estimate of drug-likeness (QED) is 0.0589. The molecule has 0 aliphatic heterocycles. The van der Waals surface area contributed by atoms with Crippen molar-refractivity contribution in [2.45, 2.75) is 200 Å². The van der Waals surface area contributed by atoms with E-state index in [4.69, 9.17) is 9.84 Å². The van der Waals surface area contributed by atoms with Crippen LogP contribution in [-0.2, 0) is 4.74 Å². The third-order valence-electron chi connectivity index (χ3n) is 8.65. The van der Waals surface area contributed by atoms with E-state index in [9.17, 15) is 5.11 Å². The number of unbranched alkanes of at least 4 members (excludes halogenated alkanes) is 27. The second-order valence-electron chi connectivity index (χ2n) is 12.5. The van der Waals surface area contributed by atoms with Crippen molar-refractivity contribution < 1.29 is 14.9 Å². The van der Waals surface area contributed by atoms with Gasteiger partial charge in [-0.2, -0.15) is 0 Å². The fourth-order valence-corrected chi connectivity index (χ4v) is 5.92. The number of hydrogen-bond acceptors (Lipinski definition) is 4. The SMILES string of the molecule is CCCCCCCCCCCCCCCCCCCCCCCCCCCCCCN(CCO)C(C)OCCO. The van der Waals surface area contributed by atoms with Gasteiger partial charge in [0.05, 0.1) is 19.8 Å². The van der Waals surface area contributed by atoms with E-state index in [1.165, 1.54) is 173 Å². The van der Waals surface area contributed by atoms with E-state index >= 15 is 0 Å². The van der Waals surface area contributed by atoms with Crippen LogP contribution in [0.15, 0.2) is 0 Å². The smallest absolute Gasteiger partial charge is 0.107 e. The van der Waals surface area contributed by atoms with E-state index in [1.807, 2.05) is 6.92 Å². The summed E-state index contributed by atoms with van der Waals surface area (Å²) < 4.78 is 5.58. The van der Waals surface area contributed by atoms with Crippen LogP contribution in [0, 0.1) is 0 Å². The summed E-state index contributed by atoms with van der Waals surface area (Å²) in [4.78, 5) is 2.18. The highest BCUT2D eigenvalue weighted by atomic mass is 16.5. The summed E-state index contributed by atoms with van der Waals surface area (Å²) in [7, 11) is 0. The van der Waals surface area contributed by atoms with Crippen molar-refractivity contribution in [3.63, 3.8) is 0 Å². The molecule has 0 saturated heterocycles. The van der Waals surface area contributed by atoms with E-state index in [0.29, 0.717) is 13.2 Å². The first-order valence-corrected chi connectivity index (χ1v) is 18.3. The van der Waals surface area contributed by atoms with Crippen molar-refractivity contribution in [2.75, 3.05) is 32.9 Å². The molecule has 242 valence electrons. The molecule has 40 heavy (non-hydrogen) atoms. The Kier molecular flexibility index (Phi) is 34.9. The van der Waals surface area contributed by atoms with Gasteiger partial charge in [-0.15, -0.1) is 0 Å². The first-order valence-electron chi connectivity index (χ1n) is 18.3. The van der Waals surface area contributed by atoms with Gasteiger partial charge in [0.2, 0.25) is 0 Å². The first-order chi connectivity index (χ1) is 19.8. The standard InChI is InChI=1S/C36H75NO3/c1-3-4-5-6-7-8-9-10-11-12-13-14-15-16-17-18-19-20-21-22-23-24-25-26-27-28-29-30-31-37(32-33-38)36(2)40-35-34-39/h36,38-39H,3-35H2,1-2H3. The van der Waals surface area contributed by atoms with Gasteiger partial charge in [0.1, 0.15) is 6.23 Å². The van der Waals surface area contributed by atoms with Gasteiger partial charge >= 0.3 is 0 Å². The maximum Gasteiger partial charge on any atom is 0.107 e. The molecule has 4 nitrogen and oxygen atoms in total. The highest BCUT2D eigenvalue weighted by molar-refractivity contribution is 4.60. The van der Waals surface area contributed by atoms with E-state index in [-0.39, 0.29) is 19.4 Å². The topological polar surface area (TPSA) is 52.9 Å². The number of aliphatic hydroxyl groups excluding tert-OH is 2. The van der Waals surface area contributed by atoms with Crippen molar-refractivity contribution in [2.24, 2.45) is 0 Å². The summed E-state index contributed by atoms with van der Waals surface area (Å²) in [5.74, 6) is 0. The molecule has 0 aromatic rings. The monoisotopic (exact) mass is 570 g/mol. The Bertz CT molecular complexity index is 448. The molecule has 0 aromatic carbocycles. The van der Waals surface area contributed by atoms with Crippen molar-refractivity contribution in [3.8, 4) is 0 Å². The molecule has 0 spiro atoms. The minimum absolute atomic E-state index is 0.0341. The Morgan fingerprint density at radius 2 is 0.725 bits per heavy atom. The van der Waals surface area contributed by atoms with E-state index in [1.54, 1.807) is 0 Å². The molecule has 0 bridgehead atoms. The van der Waals surface area contributed by atoms with Crippen LogP contribution in [0.4, 0.5) is 0 Å². The predicted molar refractivity (Wildman–Crippen MR) is 176 cm³/mol. The van der Waals surface area contributed by atoms with Crippen LogP contribution >= 0.6 is 0 Å². The lowest BCUT2D eigenvalue weighted by molar-refractivity contribution is -0.0628. The summed E-state index contributed by atoms with van der Waals surface area (Å²) in [5, 5.41) is 18.2. The van der Waals surface area contributed by atoms with E-state index < -0.39 is 0 Å². The lowest BCUT2D eigenvalue weighted by Crippen LogP contribution is -2.38. The number of aliphatic hydroxyl groups is 2. The van der Waals surface area contributed by atoms with Gasteiger partial charge in [-0.3, -0.25) is 4.90 Å². The Morgan fingerprint density at radius 1 is 0.425 bits per heavy atom. The average molecular weight is 570 g/mol. The number of rotatable bonds is 35. The molecule has 2 N–H and O–H groups in total. The molecule has 0 amide bonds. The molecule has 0 saturated carbocycles. The Balaban J connectivity index is 3.21. The van der Waals surface area contributed by atoms with Gasteiger partial charge in [0.15, 0.2) is 0 Å². The number of hydrogen-bond donors (Lipinski definition) is 2. The number of nitrogens with zero attached hydrogens (tertiary/aromatic N) is 1. The van der Waals surface area contributed by atoms with Gasteiger partial charge in [-0.25, -0.2) is 0 Å². The van der Waals surface area contributed by atoms with Crippen LogP contribution in [-0.4, -0.2) is 54.3 Å². The summed E-state index contributed by atoms with van der Waals surface area (Å²) in [6.45, 7) is 6.49. The molecule has 0 aliphatic rings. The third-order valence-corrected chi connectivity index (χ3v) is 8.65. The van der Waals surface area contributed by atoms with Crippen LogP contribution in [0.5, 0.6) is 0 Å². The third kappa shape index (κ3) is 30.8. The Hall–Kier alpha value is -0.160. The molecule has 0 radical (unpaired) electrons. The highest BCUT2D eigenvalue weighted by Crippen LogP contribution is 2.16. The predicted octanol–water partition coefficient (Wildman–Crippen LogP) is 10.6. The fourth-order valence-electron chi connectivity index (χ4n) is 5.92.